The number of hydrogen-bond acceptors (Lipinski definition) is 6. The van der Waals surface area contributed by atoms with Gasteiger partial charge in [0.1, 0.15) is 11.5 Å². The van der Waals surface area contributed by atoms with Crippen molar-refractivity contribution in [3.63, 3.8) is 0 Å². The second kappa shape index (κ2) is 6.09. The molecule has 6 nitrogen and oxygen atoms in total. The highest BCUT2D eigenvalue weighted by Crippen LogP contribution is 2.38. The minimum Gasteiger partial charge on any atom is -0.430 e. The number of carbonyl (C=O) groups excluding carboxylic acids is 1. The number of aromatic nitrogens is 3. The van der Waals surface area contributed by atoms with Crippen molar-refractivity contribution in [1.29, 1.82) is 0 Å². The lowest BCUT2D eigenvalue weighted by atomic mass is 9.95. The van der Waals surface area contributed by atoms with Crippen LogP contribution in [0.15, 0.2) is 24.4 Å². The molecule has 0 radical (unpaired) electrons. The lowest BCUT2D eigenvalue weighted by molar-refractivity contribution is -0.135. The molecule has 0 saturated heterocycles. The van der Waals surface area contributed by atoms with Crippen molar-refractivity contribution in [2.75, 3.05) is 0 Å². The predicted molar refractivity (Wildman–Crippen MR) is 97.3 cm³/mol. The monoisotopic (exact) mass is 369 g/mol. The third-order valence-electron chi connectivity index (χ3n) is 5.23. The van der Waals surface area contributed by atoms with Gasteiger partial charge in [-0.15, -0.1) is 5.10 Å². The predicted octanol–water partition coefficient (Wildman–Crippen LogP) is 4.65. The molecule has 1 atom stereocenters. The quantitative estimate of drug-likeness (QED) is 0.496. The Kier molecular flexibility index (Phi) is 3.70. The Labute approximate surface area is 154 Å². The van der Waals surface area contributed by atoms with Gasteiger partial charge in [-0.2, -0.15) is 0 Å². The molecular weight excluding hydrogens is 350 g/mol. The molecule has 3 heterocycles. The SMILES string of the molecule is CC1CC(=O)Oc2cc(Oc3nn4cc(C5CCCC5)nc4s3)ccc21. The second-order valence-corrected chi connectivity index (χ2v) is 8.04. The van der Waals surface area contributed by atoms with Gasteiger partial charge >= 0.3 is 5.97 Å². The molecule has 2 aromatic heterocycles. The molecule has 1 unspecified atom stereocenters. The number of esters is 1. The first kappa shape index (κ1) is 15.8. The highest BCUT2D eigenvalue weighted by Gasteiger charge is 2.25. The van der Waals surface area contributed by atoms with E-state index in [2.05, 4.69) is 5.10 Å². The van der Waals surface area contributed by atoms with Crippen LogP contribution >= 0.6 is 11.3 Å². The van der Waals surface area contributed by atoms with Crippen LogP contribution in [0.1, 0.15) is 62.1 Å². The fourth-order valence-corrected chi connectivity index (χ4v) is 4.62. The number of benzene rings is 1. The zero-order valence-electron chi connectivity index (χ0n) is 14.5. The van der Waals surface area contributed by atoms with E-state index in [4.69, 9.17) is 14.5 Å². The van der Waals surface area contributed by atoms with Crippen LogP contribution in [0.3, 0.4) is 0 Å². The Morgan fingerprint density at radius 1 is 1.31 bits per heavy atom. The van der Waals surface area contributed by atoms with E-state index in [0.29, 0.717) is 29.0 Å². The molecule has 1 aromatic carbocycles. The fourth-order valence-electron chi connectivity index (χ4n) is 3.86. The molecule has 1 aliphatic heterocycles. The Morgan fingerprint density at radius 3 is 2.96 bits per heavy atom. The van der Waals surface area contributed by atoms with Gasteiger partial charge in [0.15, 0.2) is 0 Å². The molecule has 0 spiro atoms. The molecule has 0 amide bonds. The third kappa shape index (κ3) is 2.76. The van der Waals surface area contributed by atoms with Gasteiger partial charge in [0.2, 0.25) is 4.96 Å². The van der Waals surface area contributed by atoms with Crippen LogP contribution in [-0.2, 0) is 4.79 Å². The first-order chi connectivity index (χ1) is 12.7. The van der Waals surface area contributed by atoms with Crippen LogP contribution in [0.25, 0.3) is 4.96 Å². The number of hydrogen-bond donors (Lipinski definition) is 0. The van der Waals surface area contributed by atoms with E-state index < -0.39 is 0 Å². The molecule has 134 valence electrons. The molecule has 0 N–H and O–H groups in total. The summed E-state index contributed by atoms with van der Waals surface area (Å²) >= 11 is 1.42. The van der Waals surface area contributed by atoms with Crippen molar-refractivity contribution in [3.05, 3.63) is 35.7 Å². The Hall–Kier alpha value is -2.41. The molecule has 1 saturated carbocycles. The molecule has 2 aliphatic rings. The number of fused-ring (bicyclic) bond motifs is 2. The van der Waals surface area contributed by atoms with E-state index in [-0.39, 0.29) is 11.9 Å². The molecule has 3 aromatic rings. The highest BCUT2D eigenvalue weighted by molar-refractivity contribution is 7.18. The largest absolute Gasteiger partial charge is 0.430 e. The van der Waals surface area contributed by atoms with Gasteiger partial charge < -0.3 is 9.47 Å². The number of nitrogens with zero attached hydrogens (tertiary/aromatic N) is 3. The summed E-state index contributed by atoms with van der Waals surface area (Å²) in [4.78, 5) is 17.2. The molecule has 26 heavy (non-hydrogen) atoms. The number of carbonyl (C=O) groups is 1. The number of ether oxygens (including phenoxy) is 2. The first-order valence-electron chi connectivity index (χ1n) is 9.04. The van der Waals surface area contributed by atoms with Crippen molar-refractivity contribution in [3.8, 4) is 16.7 Å². The first-order valence-corrected chi connectivity index (χ1v) is 9.86. The van der Waals surface area contributed by atoms with Gasteiger partial charge in [0, 0.05) is 12.0 Å². The average Bonchev–Trinajstić information content (AvgIpc) is 3.29. The third-order valence-corrected chi connectivity index (χ3v) is 6.03. The summed E-state index contributed by atoms with van der Waals surface area (Å²) in [5.74, 6) is 1.73. The maximum absolute atomic E-state index is 11.6. The van der Waals surface area contributed by atoms with Gasteiger partial charge in [-0.05, 0) is 41.7 Å². The molecular formula is C19H19N3O3S. The maximum Gasteiger partial charge on any atom is 0.311 e. The van der Waals surface area contributed by atoms with E-state index >= 15 is 0 Å². The minimum absolute atomic E-state index is 0.164. The summed E-state index contributed by atoms with van der Waals surface area (Å²) in [7, 11) is 0. The van der Waals surface area contributed by atoms with Crippen molar-refractivity contribution in [2.45, 2.75) is 50.9 Å². The van der Waals surface area contributed by atoms with E-state index in [0.717, 1.165) is 16.2 Å². The van der Waals surface area contributed by atoms with Crippen molar-refractivity contribution >= 4 is 22.3 Å². The van der Waals surface area contributed by atoms with Crippen LogP contribution in [0, 0.1) is 0 Å². The molecule has 5 rings (SSSR count). The maximum atomic E-state index is 11.6. The highest BCUT2D eigenvalue weighted by atomic mass is 32.1. The van der Waals surface area contributed by atoms with Crippen molar-refractivity contribution in [2.24, 2.45) is 0 Å². The van der Waals surface area contributed by atoms with E-state index in [9.17, 15) is 4.79 Å². The standard InChI is InChI=1S/C19H19N3O3S/c1-11-8-17(23)25-16-9-13(6-7-14(11)16)24-19-21-22-10-15(20-18(22)26-19)12-4-2-3-5-12/h6-7,9-12H,2-5,8H2,1H3. The van der Waals surface area contributed by atoms with Gasteiger partial charge in [0.05, 0.1) is 18.3 Å². The average molecular weight is 369 g/mol. The fraction of sp³-hybridized carbons (Fsp3) is 0.421. The smallest absolute Gasteiger partial charge is 0.311 e. The molecule has 7 heteroatoms. The van der Waals surface area contributed by atoms with Crippen LogP contribution in [0.4, 0.5) is 0 Å². The normalized spacial score (nSPS) is 20.3. The topological polar surface area (TPSA) is 65.7 Å². The summed E-state index contributed by atoms with van der Waals surface area (Å²) in [6, 6.07) is 5.61. The molecule has 1 aliphatic carbocycles. The zero-order valence-corrected chi connectivity index (χ0v) is 15.3. The Bertz CT molecular complexity index is 956. The van der Waals surface area contributed by atoms with Crippen molar-refractivity contribution < 1.29 is 14.3 Å². The van der Waals surface area contributed by atoms with Crippen LogP contribution in [0.5, 0.6) is 16.7 Å². The summed E-state index contributed by atoms with van der Waals surface area (Å²) in [6.07, 6.45) is 7.46. The summed E-state index contributed by atoms with van der Waals surface area (Å²) in [6.45, 7) is 2.03. The minimum atomic E-state index is -0.200. The Morgan fingerprint density at radius 2 is 2.15 bits per heavy atom. The van der Waals surface area contributed by atoms with Crippen LogP contribution in [0.2, 0.25) is 0 Å². The van der Waals surface area contributed by atoms with E-state index in [1.165, 1.54) is 37.0 Å². The van der Waals surface area contributed by atoms with E-state index in [1.807, 2.05) is 25.3 Å². The number of rotatable bonds is 3. The second-order valence-electron chi connectivity index (χ2n) is 7.12. The summed E-state index contributed by atoms with van der Waals surface area (Å²) < 4.78 is 13.0. The lowest BCUT2D eigenvalue weighted by Crippen LogP contribution is -2.18. The Balaban J connectivity index is 1.38. The molecule has 0 bridgehead atoms. The lowest BCUT2D eigenvalue weighted by Gasteiger charge is -2.21. The van der Waals surface area contributed by atoms with Gasteiger partial charge in [0.25, 0.3) is 5.19 Å². The van der Waals surface area contributed by atoms with E-state index in [1.54, 1.807) is 10.6 Å². The zero-order chi connectivity index (χ0) is 17.7. The van der Waals surface area contributed by atoms with Gasteiger partial charge in [-0.3, -0.25) is 4.79 Å². The summed E-state index contributed by atoms with van der Waals surface area (Å²) in [5, 5.41) is 5.01. The number of imidazole rings is 1. The van der Waals surface area contributed by atoms with Crippen LogP contribution in [-0.4, -0.2) is 20.6 Å². The van der Waals surface area contributed by atoms with Gasteiger partial charge in [-0.1, -0.05) is 25.8 Å². The van der Waals surface area contributed by atoms with Crippen LogP contribution < -0.4 is 9.47 Å². The molecule has 1 fully saturated rings. The summed E-state index contributed by atoms with van der Waals surface area (Å²) in [5.41, 5.74) is 2.18. The van der Waals surface area contributed by atoms with Gasteiger partial charge in [-0.25, -0.2) is 9.50 Å². The van der Waals surface area contributed by atoms with Crippen molar-refractivity contribution in [1.82, 2.24) is 14.6 Å².